The zero-order chi connectivity index (χ0) is 15.0. The Balaban J connectivity index is 1.68. The second kappa shape index (κ2) is 5.40. The van der Waals surface area contributed by atoms with Crippen LogP contribution in [0.5, 0.6) is 0 Å². The van der Waals surface area contributed by atoms with E-state index in [0.717, 1.165) is 23.9 Å². The summed E-state index contributed by atoms with van der Waals surface area (Å²) in [6.07, 6.45) is 2.23. The molecule has 2 N–H and O–H groups in total. The lowest BCUT2D eigenvalue weighted by atomic mass is 10.2. The number of nitrogens with one attached hydrogen (secondary N) is 2. The molecule has 0 spiro atoms. The smallest absolute Gasteiger partial charge is 0.279 e. The number of fused-ring (bicyclic) bond motifs is 1. The lowest BCUT2D eigenvalue weighted by Crippen LogP contribution is -2.43. The molecule has 1 aliphatic carbocycles. The van der Waals surface area contributed by atoms with Crippen molar-refractivity contribution < 1.29 is 8.42 Å². The van der Waals surface area contributed by atoms with Gasteiger partial charge in [-0.3, -0.25) is 0 Å². The molecular weight excluding hydrogens is 288 g/mol. The van der Waals surface area contributed by atoms with E-state index < -0.39 is 10.2 Å². The first-order valence-corrected chi connectivity index (χ1v) is 8.57. The molecular formula is C14H20N4O2S. The highest BCUT2D eigenvalue weighted by Gasteiger charge is 2.35. The number of nitrogens with zero attached hydrogens (tertiary/aromatic N) is 2. The molecule has 1 aromatic carbocycles. The van der Waals surface area contributed by atoms with E-state index in [1.165, 1.54) is 4.31 Å². The minimum atomic E-state index is -3.48. The number of benzene rings is 1. The first-order valence-electron chi connectivity index (χ1n) is 7.13. The summed E-state index contributed by atoms with van der Waals surface area (Å²) in [6, 6.07) is 7.67. The van der Waals surface area contributed by atoms with E-state index in [-0.39, 0.29) is 12.6 Å². The highest BCUT2D eigenvalue weighted by atomic mass is 32.2. The van der Waals surface area contributed by atoms with Crippen molar-refractivity contribution in [3.05, 3.63) is 30.1 Å². The van der Waals surface area contributed by atoms with Gasteiger partial charge in [-0.05, 0) is 37.8 Å². The number of hydrogen-bond donors (Lipinski definition) is 2. The number of hydrogen-bond acceptors (Lipinski definition) is 3. The molecule has 0 saturated heterocycles. The Labute approximate surface area is 124 Å². The first-order chi connectivity index (χ1) is 9.97. The quantitative estimate of drug-likeness (QED) is 0.851. The van der Waals surface area contributed by atoms with Crippen molar-refractivity contribution in [2.24, 2.45) is 5.92 Å². The van der Waals surface area contributed by atoms with E-state index in [1.54, 1.807) is 7.05 Å². The van der Waals surface area contributed by atoms with Crippen molar-refractivity contribution in [3.63, 3.8) is 0 Å². The predicted molar refractivity (Wildman–Crippen MR) is 81.8 cm³/mol. The second-order valence-corrected chi connectivity index (χ2v) is 7.44. The van der Waals surface area contributed by atoms with Crippen LogP contribution in [0.4, 0.5) is 0 Å². The fraction of sp³-hybridized carbons (Fsp3) is 0.500. The number of imidazole rings is 1. The van der Waals surface area contributed by atoms with Gasteiger partial charge in [0.2, 0.25) is 0 Å². The summed E-state index contributed by atoms with van der Waals surface area (Å²) >= 11 is 0. The zero-order valence-electron chi connectivity index (χ0n) is 12.2. The molecule has 7 heteroatoms. The van der Waals surface area contributed by atoms with Gasteiger partial charge < -0.3 is 4.98 Å². The number of para-hydroxylation sites is 2. The Morgan fingerprint density at radius 2 is 2.14 bits per heavy atom. The summed E-state index contributed by atoms with van der Waals surface area (Å²) in [5.74, 6) is 1.12. The second-order valence-electron chi connectivity index (χ2n) is 5.62. The number of rotatable bonds is 6. The number of H-pyrrole nitrogens is 1. The Morgan fingerprint density at radius 1 is 1.43 bits per heavy atom. The van der Waals surface area contributed by atoms with Crippen LogP contribution < -0.4 is 4.72 Å². The maximum absolute atomic E-state index is 12.3. The van der Waals surface area contributed by atoms with E-state index in [1.807, 2.05) is 31.2 Å². The van der Waals surface area contributed by atoms with Crippen LogP contribution in [0.1, 0.15) is 25.6 Å². The largest absolute Gasteiger partial charge is 0.341 e. The topological polar surface area (TPSA) is 78.1 Å². The monoisotopic (exact) mass is 308 g/mol. The fourth-order valence-electron chi connectivity index (χ4n) is 2.45. The highest BCUT2D eigenvalue weighted by molar-refractivity contribution is 7.87. The van der Waals surface area contributed by atoms with Gasteiger partial charge in [0.05, 0.1) is 17.6 Å². The Bertz CT molecular complexity index is 703. The van der Waals surface area contributed by atoms with Gasteiger partial charge in [0.1, 0.15) is 5.82 Å². The Kier molecular flexibility index (Phi) is 3.73. The van der Waals surface area contributed by atoms with Crippen molar-refractivity contribution in [2.45, 2.75) is 32.4 Å². The molecule has 0 bridgehead atoms. The van der Waals surface area contributed by atoms with Crippen LogP contribution in [0.15, 0.2) is 24.3 Å². The van der Waals surface area contributed by atoms with Crippen LogP contribution in [-0.4, -0.2) is 35.8 Å². The van der Waals surface area contributed by atoms with Gasteiger partial charge in [0.25, 0.3) is 10.2 Å². The van der Waals surface area contributed by atoms with Crippen LogP contribution in [0.25, 0.3) is 11.0 Å². The summed E-state index contributed by atoms with van der Waals surface area (Å²) in [7, 11) is -1.85. The molecule has 0 aliphatic heterocycles. The third-order valence-corrected chi connectivity index (χ3v) is 5.72. The van der Waals surface area contributed by atoms with Crippen LogP contribution in [0, 0.1) is 5.92 Å². The van der Waals surface area contributed by atoms with E-state index in [0.29, 0.717) is 11.7 Å². The average Bonchev–Trinajstić information content (AvgIpc) is 3.23. The van der Waals surface area contributed by atoms with Gasteiger partial charge in [0, 0.05) is 13.1 Å². The van der Waals surface area contributed by atoms with Crippen LogP contribution in [0.2, 0.25) is 0 Å². The van der Waals surface area contributed by atoms with Crippen LogP contribution >= 0.6 is 0 Å². The third kappa shape index (κ3) is 3.09. The first kappa shape index (κ1) is 14.5. The molecule has 0 unspecified atom stereocenters. The molecule has 6 nitrogen and oxygen atoms in total. The molecule has 1 fully saturated rings. The summed E-state index contributed by atoms with van der Waals surface area (Å²) in [5.41, 5.74) is 1.75. The summed E-state index contributed by atoms with van der Waals surface area (Å²) in [4.78, 5) is 7.48. The van der Waals surface area contributed by atoms with Crippen molar-refractivity contribution in [1.82, 2.24) is 19.0 Å². The van der Waals surface area contributed by atoms with Gasteiger partial charge in [0.15, 0.2) is 0 Å². The Morgan fingerprint density at radius 3 is 2.81 bits per heavy atom. The molecule has 0 radical (unpaired) electrons. The minimum absolute atomic E-state index is 0.0400. The molecule has 2 aromatic rings. The van der Waals surface area contributed by atoms with E-state index in [9.17, 15) is 8.42 Å². The minimum Gasteiger partial charge on any atom is -0.341 e. The molecule has 1 aromatic heterocycles. The van der Waals surface area contributed by atoms with Gasteiger partial charge in [-0.1, -0.05) is 12.1 Å². The predicted octanol–water partition coefficient (Wildman–Crippen LogP) is 1.63. The van der Waals surface area contributed by atoms with Crippen molar-refractivity contribution >= 4 is 21.2 Å². The number of aromatic amines is 1. The summed E-state index contributed by atoms with van der Waals surface area (Å²) < 4.78 is 28.6. The lowest BCUT2D eigenvalue weighted by molar-refractivity contribution is 0.351. The SMILES string of the molecule is C[C@@H](C1CC1)N(C)S(=O)(=O)NCc1nc2ccccc2[nH]1. The molecule has 21 heavy (non-hydrogen) atoms. The molecule has 114 valence electrons. The van der Waals surface area contributed by atoms with Crippen molar-refractivity contribution in [2.75, 3.05) is 7.05 Å². The normalized spacial score (nSPS) is 17.5. The summed E-state index contributed by atoms with van der Waals surface area (Å²) in [5, 5.41) is 0. The van der Waals surface area contributed by atoms with Gasteiger partial charge in [-0.25, -0.2) is 4.98 Å². The van der Waals surface area contributed by atoms with E-state index >= 15 is 0 Å². The van der Waals surface area contributed by atoms with E-state index in [4.69, 9.17) is 0 Å². The average molecular weight is 308 g/mol. The highest BCUT2D eigenvalue weighted by Crippen LogP contribution is 2.35. The zero-order valence-corrected chi connectivity index (χ0v) is 13.0. The molecule has 1 heterocycles. The Hall–Kier alpha value is -1.44. The number of aromatic nitrogens is 2. The van der Waals surface area contributed by atoms with Crippen LogP contribution in [-0.2, 0) is 16.8 Å². The maximum Gasteiger partial charge on any atom is 0.279 e. The van der Waals surface area contributed by atoms with Gasteiger partial charge in [-0.15, -0.1) is 0 Å². The van der Waals surface area contributed by atoms with Gasteiger partial charge in [-0.2, -0.15) is 17.4 Å². The van der Waals surface area contributed by atoms with Crippen LogP contribution in [0.3, 0.4) is 0 Å². The standard InChI is InChI=1S/C14H20N4O2S/c1-10(11-7-8-11)18(2)21(19,20)15-9-14-16-12-5-3-4-6-13(12)17-14/h3-6,10-11,15H,7-9H2,1-2H3,(H,16,17)/t10-/m0/s1. The van der Waals surface area contributed by atoms with Crippen molar-refractivity contribution in [3.8, 4) is 0 Å². The summed E-state index contributed by atoms with van der Waals surface area (Å²) in [6.45, 7) is 2.12. The van der Waals surface area contributed by atoms with E-state index in [2.05, 4.69) is 14.7 Å². The molecule has 1 atom stereocenters. The molecule has 1 saturated carbocycles. The van der Waals surface area contributed by atoms with Crippen molar-refractivity contribution in [1.29, 1.82) is 0 Å². The molecule has 1 aliphatic rings. The third-order valence-electron chi connectivity index (χ3n) is 4.12. The lowest BCUT2D eigenvalue weighted by Gasteiger charge is -2.24. The van der Waals surface area contributed by atoms with Gasteiger partial charge >= 0.3 is 0 Å². The maximum atomic E-state index is 12.3. The fourth-order valence-corrected chi connectivity index (χ4v) is 3.58. The molecule has 0 amide bonds. The molecule has 3 rings (SSSR count).